The van der Waals surface area contributed by atoms with Crippen LogP contribution in [-0.4, -0.2) is 27.2 Å². The lowest BCUT2D eigenvalue weighted by atomic mass is 10.1. The van der Waals surface area contributed by atoms with E-state index in [2.05, 4.69) is 18.0 Å². The van der Waals surface area contributed by atoms with Gasteiger partial charge in [0.1, 0.15) is 0 Å². The summed E-state index contributed by atoms with van der Waals surface area (Å²) in [7, 11) is 0. The van der Waals surface area contributed by atoms with Gasteiger partial charge in [0.05, 0.1) is 6.10 Å². The summed E-state index contributed by atoms with van der Waals surface area (Å²) in [5, 5.41) is 10.5. The molecule has 0 aromatic carbocycles. The zero-order valence-corrected chi connectivity index (χ0v) is 10.5. The Labute approximate surface area is 101 Å². The van der Waals surface area contributed by atoms with Crippen LogP contribution in [0.15, 0.2) is 18.3 Å². The molecule has 2 unspecified atom stereocenters. The largest absolute Gasteiger partial charge is 0.392 e. The fourth-order valence-corrected chi connectivity index (χ4v) is 3.32. The van der Waals surface area contributed by atoms with Crippen LogP contribution in [0.3, 0.4) is 0 Å². The number of thioether (sulfide) groups is 1. The van der Waals surface area contributed by atoms with Gasteiger partial charge in [0.25, 0.3) is 0 Å². The number of rotatable bonds is 4. The van der Waals surface area contributed by atoms with Crippen molar-refractivity contribution in [2.75, 3.05) is 5.75 Å². The second-order valence-electron chi connectivity index (χ2n) is 4.33. The molecular weight excluding hydrogens is 218 g/mol. The molecule has 2 atom stereocenters. The number of aliphatic hydroxyl groups is 1. The SMILES string of the molecule is CCc1ccc(CC(O)C2CCCS2)nc1. The van der Waals surface area contributed by atoms with Crippen LogP contribution < -0.4 is 0 Å². The first-order chi connectivity index (χ1) is 7.79. The maximum Gasteiger partial charge on any atom is 0.0714 e. The van der Waals surface area contributed by atoms with Crippen molar-refractivity contribution in [1.29, 1.82) is 0 Å². The van der Waals surface area contributed by atoms with Crippen LogP contribution in [0.25, 0.3) is 0 Å². The number of nitrogens with zero attached hydrogens (tertiary/aromatic N) is 1. The summed E-state index contributed by atoms with van der Waals surface area (Å²) in [6.45, 7) is 2.13. The van der Waals surface area contributed by atoms with Gasteiger partial charge in [-0.1, -0.05) is 13.0 Å². The average molecular weight is 237 g/mol. The molecule has 1 aromatic heterocycles. The Morgan fingerprint density at radius 2 is 2.44 bits per heavy atom. The zero-order valence-electron chi connectivity index (χ0n) is 9.72. The molecule has 1 N–H and O–H groups in total. The van der Waals surface area contributed by atoms with Gasteiger partial charge in [0.2, 0.25) is 0 Å². The summed E-state index contributed by atoms with van der Waals surface area (Å²) in [5.74, 6) is 1.20. The highest BCUT2D eigenvalue weighted by Crippen LogP contribution is 2.29. The van der Waals surface area contributed by atoms with E-state index >= 15 is 0 Å². The molecule has 1 saturated heterocycles. The summed E-state index contributed by atoms with van der Waals surface area (Å²) >= 11 is 1.90. The molecule has 1 aliphatic rings. The Kier molecular flexibility index (Phi) is 4.24. The van der Waals surface area contributed by atoms with Crippen molar-refractivity contribution < 1.29 is 5.11 Å². The van der Waals surface area contributed by atoms with Crippen LogP contribution in [0.1, 0.15) is 31.0 Å². The van der Waals surface area contributed by atoms with Gasteiger partial charge in [-0.3, -0.25) is 4.98 Å². The number of aryl methyl sites for hydroxylation is 1. The van der Waals surface area contributed by atoms with Crippen LogP contribution in [0.2, 0.25) is 0 Å². The van der Waals surface area contributed by atoms with E-state index in [4.69, 9.17) is 0 Å². The molecule has 0 aliphatic carbocycles. The normalized spacial score (nSPS) is 22.2. The summed E-state index contributed by atoms with van der Waals surface area (Å²) in [6, 6.07) is 4.15. The van der Waals surface area contributed by atoms with E-state index in [0.29, 0.717) is 11.7 Å². The molecule has 1 fully saturated rings. The molecular formula is C13H19NOS. The topological polar surface area (TPSA) is 33.1 Å². The van der Waals surface area contributed by atoms with Gasteiger partial charge < -0.3 is 5.11 Å². The summed E-state index contributed by atoms with van der Waals surface area (Å²) < 4.78 is 0. The van der Waals surface area contributed by atoms with Crippen LogP contribution >= 0.6 is 11.8 Å². The van der Waals surface area contributed by atoms with Gasteiger partial charge in [0, 0.05) is 23.6 Å². The Morgan fingerprint density at radius 3 is 3.00 bits per heavy atom. The van der Waals surface area contributed by atoms with Crippen molar-refractivity contribution in [2.45, 2.75) is 44.0 Å². The molecule has 2 rings (SSSR count). The summed E-state index contributed by atoms with van der Waals surface area (Å²) in [4.78, 5) is 4.39. The molecule has 0 amide bonds. The zero-order chi connectivity index (χ0) is 11.4. The molecule has 1 aliphatic heterocycles. The van der Waals surface area contributed by atoms with Crippen LogP contribution in [0.4, 0.5) is 0 Å². The number of pyridine rings is 1. The Bertz CT molecular complexity index is 319. The fraction of sp³-hybridized carbons (Fsp3) is 0.615. The van der Waals surface area contributed by atoms with E-state index in [0.717, 1.165) is 18.5 Å². The molecule has 88 valence electrons. The number of aromatic nitrogens is 1. The molecule has 2 nitrogen and oxygen atoms in total. The average Bonchev–Trinajstić information content (AvgIpc) is 2.83. The first-order valence-electron chi connectivity index (χ1n) is 6.03. The quantitative estimate of drug-likeness (QED) is 0.873. The lowest BCUT2D eigenvalue weighted by Gasteiger charge is -2.16. The van der Waals surface area contributed by atoms with Gasteiger partial charge in [-0.2, -0.15) is 11.8 Å². The fourth-order valence-electron chi connectivity index (χ4n) is 2.04. The van der Waals surface area contributed by atoms with E-state index in [9.17, 15) is 5.11 Å². The minimum atomic E-state index is -0.229. The van der Waals surface area contributed by atoms with E-state index in [1.54, 1.807) is 0 Å². The molecule has 2 heterocycles. The van der Waals surface area contributed by atoms with Gasteiger partial charge in [-0.05, 0) is 36.6 Å². The first kappa shape index (κ1) is 11.9. The van der Waals surface area contributed by atoms with Crippen molar-refractivity contribution in [3.63, 3.8) is 0 Å². The molecule has 0 saturated carbocycles. The van der Waals surface area contributed by atoms with E-state index < -0.39 is 0 Å². The Hall–Kier alpha value is -0.540. The summed E-state index contributed by atoms with van der Waals surface area (Å²) in [6.07, 6.45) is 5.81. The second-order valence-corrected chi connectivity index (χ2v) is 5.68. The third-order valence-corrected chi connectivity index (χ3v) is 4.61. The highest BCUT2D eigenvalue weighted by molar-refractivity contribution is 8.00. The van der Waals surface area contributed by atoms with Crippen molar-refractivity contribution in [1.82, 2.24) is 4.98 Å². The summed E-state index contributed by atoms with van der Waals surface area (Å²) in [5.41, 5.74) is 2.27. The maximum absolute atomic E-state index is 10.1. The van der Waals surface area contributed by atoms with Crippen molar-refractivity contribution in [3.05, 3.63) is 29.6 Å². The molecule has 0 spiro atoms. The molecule has 1 aromatic rings. The molecule has 3 heteroatoms. The van der Waals surface area contributed by atoms with Crippen molar-refractivity contribution >= 4 is 11.8 Å². The smallest absolute Gasteiger partial charge is 0.0714 e. The predicted molar refractivity (Wildman–Crippen MR) is 68.8 cm³/mol. The Morgan fingerprint density at radius 1 is 1.56 bits per heavy atom. The minimum absolute atomic E-state index is 0.229. The third-order valence-electron chi connectivity index (χ3n) is 3.11. The Balaban J connectivity index is 1.92. The number of hydrogen-bond acceptors (Lipinski definition) is 3. The van der Waals surface area contributed by atoms with E-state index in [-0.39, 0.29) is 6.10 Å². The lowest BCUT2D eigenvalue weighted by molar-refractivity contribution is 0.169. The molecule has 16 heavy (non-hydrogen) atoms. The highest BCUT2D eigenvalue weighted by Gasteiger charge is 2.24. The second kappa shape index (κ2) is 5.69. The standard InChI is InChI=1S/C13H19NOS/c1-2-10-5-6-11(14-9-10)8-12(15)13-4-3-7-16-13/h5-6,9,12-13,15H,2-4,7-8H2,1H3. The van der Waals surface area contributed by atoms with E-state index in [1.807, 2.05) is 24.0 Å². The lowest BCUT2D eigenvalue weighted by Crippen LogP contribution is -2.23. The maximum atomic E-state index is 10.1. The first-order valence-corrected chi connectivity index (χ1v) is 7.08. The van der Waals surface area contributed by atoms with Gasteiger partial charge in [0.15, 0.2) is 0 Å². The van der Waals surface area contributed by atoms with E-state index in [1.165, 1.54) is 17.7 Å². The minimum Gasteiger partial charge on any atom is -0.392 e. The number of aliphatic hydroxyl groups excluding tert-OH is 1. The molecule has 0 bridgehead atoms. The highest BCUT2D eigenvalue weighted by atomic mass is 32.2. The number of hydrogen-bond donors (Lipinski definition) is 1. The van der Waals surface area contributed by atoms with Crippen LogP contribution in [-0.2, 0) is 12.8 Å². The van der Waals surface area contributed by atoms with Crippen molar-refractivity contribution in [3.8, 4) is 0 Å². The van der Waals surface area contributed by atoms with Crippen molar-refractivity contribution in [2.24, 2.45) is 0 Å². The monoisotopic (exact) mass is 237 g/mol. The van der Waals surface area contributed by atoms with Crippen LogP contribution in [0.5, 0.6) is 0 Å². The third kappa shape index (κ3) is 2.98. The molecule has 0 radical (unpaired) electrons. The predicted octanol–water partition coefficient (Wildman–Crippen LogP) is 2.44. The van der Waals surface area contributed by atoms with Gasteiger partial charge in [-0.25, -0.2) is 0 Å². The van der Waals surface area contributed by atoms with Gasteiger partial charge >= 0.3 is 0 Å². The van der Waals surface area contributed by atoms with Gasteiger partial charge in [-0.15, -0.1) is 0 Å². The van der Waals surface area contributed by atoms with Crippen LogP contribution in [0, 0.1) is 0 Å².